The molecule has 0 aliphatic rings. The van der Waals surface area contributed by atoms with Gasteiger partial charge in [0.1, 0.15) is 17.0 Å². The van der Waals surface area contributed by atoms with Crippen LogP contribution in [-0.2, 0) is 0 Å². The van der Waals surface area contributed by atoms with Gasteiger partial charge in [-0.25, -0.2) is 0 Å². The molecule has 0 radical (unpaired) electrons. The molecule has 0 saturated carbocycles. The lowest BCUT2D eigenvalue weighted by Gasteiger charge is -1.97. The first-order chi connectivity index (χ1) is 9.66. The second kappa shape index (κ2) is 4.92. The quantitative estimate of drug-likeness (QED) is 0.723. The van der Waals surface area contributed by atoms with Crippen molar-refractivity contribution in [3.8, 4) is 22.7 Å². The molecule has 0 N–H and O–H groups in total. The molecule has 5 nitrogen and oxygen atoms in total. The average molecular weight is 269 g/mol. The van der Waals surface area contributed by atoms with Gasteiger partial charge in [0, 0.05) is 11.5 Å². The van der Waals surface area contributed by atoms with E-state index in [4.69, 9.17) is 9.05 Å². The second-order valence-corrected chi connectivity index (χ2v) is 4.94. The van der Waals surface area contributed by atoms with Gasteiger partial charge in [-0.1, -0.05) is 54.5 Å². The largest absolute Gasteiger partial charge is 0.360 e. The van der Waals surface area contributed by atoms with E-state index in [2.05, 4.69) is 15.3 Å². The monoisotopic (exact) mass is 269 g/mol. The topological polar surface area (TPSA) is 65.0 Å². The maximum absolute atomic E-state index is 5.35. The minimum absolute atomic E-state index is 0.216. The van der Waals surface area contributed by atoms with E-state index in [9.17, 15) is 0 Å². The maximum Gasteiger partial charge on any atom is 0.263 e. The van der Waals surface area contributed by atoms with Crippen LogP contribution in [0.3, 0.4) is 0 Å². The molecule has 0 fully saturated rings. The minimum Gasteiger partial charge on any atom is -0.360 e. The fourth-order valence-corrected chi connectivity index (χ4v) is 1.99. The summed E-state index contributed by atoms with van der Waals surface area (Å²) in [5.41, 5.74) is 2.45. The Balaban J connectivity index is 2.11. The van der Waals surface area contributed by atoms with E-state index >= 15 is 0 Å². The summed E-state index contributed by atoms with van der Waals surface area (Å²) in [6.07, 6.45) is 0. The van der Waals surface area contributed by atoms with E-state index in [-0.39, 0.29) is 5.92 Å². The number of aryl methyl sites for hydroxylation is 1. The molecule has 20 heavy (non-hydrogen) atoms. The highest BCUT2D eigenvalue weighted by atomic mass is 16.5. The number of rotatable bonds is 3. The van der Waals surface area contributed by atoms with Gasteiger partial charge < -0.3 is 9.05 Å². The van der Waals surface area contributed by atoms with Crippen LogP contribution in [0.25, 0.3) is 22.7 Å². The summed E-state index contributed by atoms with van der Waals surface area (Å²) in [6.45, 7) is 5.88. The summed E-state index contributed by atoms with van der Waals surface area (Å²) in [6, 6.07) is 9.81. The van der Waals surface area contributed by atoms with Crippen molar-refractivity contribution < 1.29 is 9.05 Å². The zero-order valence-electron chi connectivity index (χ0n) is 11.6. The van der Waals surface area contributed by atoms with Gasteiger partial charge in [0.15, 0.2) is 5.82 Å². The van der Waals surface area contributed by atoms with Gasteiger partial charge in [-0.05, 0) is 6.92 Å². The molecule has 102 valence electrons. The minimum atomic E-state index is 0.216. The molecule has 0 aliphatic carbocycles. The highest BCUT2D eigenvalue weighted by molar-refractivity contribution is 5.77. The predicted octanol–water partition coefficient (Wildman–Crippen LogP) is 3.82. The van der Waals surface area contributed by atoms with Crippen LogP contribution in [0.5, 0.6) is 0 Å². The van der Waals surface area contributed by atoms with Crippen LogP contribution in [0.4, 0.5) is 0 Å². The Morgan fingerprint density at radius 3 is 2.40 bits per heavy atom. The third kappa shape index (κ3) is 2.11. The molecular weight excluding hydrogens is 254 g/mol. The summed E-state index contributed by atoms with van der Waals surface area (Å²) in [7, 11) is 0. The zero-order valence-corrected chi connectivity index (χ0v) is 11.6. The highest BCUT2D eigenvalue weighted by Crippen LogP contribution is 2.33. The molecule has 0 amide bonds. The van der Waals surface area contributed by atoms with E-state index in [1.54, 1.807) is 0 Å². The summed E-state index contributed by atoms with van der Waals surface area (Å²) >= 11 is 0. The van der Waals surface area contributed by atoms with Gasteiger partial charge >= 0.3 is 0 Å². The normalized spacial score (nSPS) is 11.2. The first-order valence-electron chi connectivity index (χ1n) is 6.52. The third-order valence-electron chi connectivity index (χ3n) is 3.08. The first-order valence-corrected chi connectivity index (χ1v) is 6.52. The molecule has 0 unspecified atom stereocenters. The van der Waals surface area contributed by atoms with Crippen LogP contribution >= 0.6 is 0 Å². The highest BCUT2D eigenvalue weighted by Gasteiger charge is 2.22. The summed E-state index contributed by atoms with van der Waals surface area (Å²) in [5.74, 6) is 2.02. The van der Waals surface area contributed by atoms with Crippen LogP contribution in [0, 0.1) is 6.92 Å². The van der Waals surface area contributed by atoms with Crippen molar-refractivity contribution in [3.63, 3.8) is 0 Å². The number of hydrogen-bond acceptors (Lipinski definition) is 5. The van der Waals surface area contributed by atoms with Crippen molar-refractivity contribution in [2.45, 2.75) is 26.7 Å². The lowest BCUT2D eigenvalue weighted by molar-refractivity contribution is 0.396. The van der Waals surface area contributed by atoms with E-state index in [0.717, 1.165) is 16.8 Å². The van der Waals surface area contributed by atoms with Crippen LogP contribution < -0.4 is 0 Å². The zero-order chi connectivity index (χ0) is 14.1. The van der Waals surface area contributed by atoms with E-state index < -0.39 is 0 Å². The third-order valence-corrected chi connectivity index (χ3v) is 3.08. The lowest BCUT2D eigenvalue weighted by atomic mass is 10.1. The van der Waals surface area contributed by atoms with E-state index in [1.165, 1.54) is 0 Å². The summed E-state index contributed by atoms with van der Waals surface area (Å²) in [4.78, 5) is 4.42. The van der Waals surface area contributed by atoms with Gasteiger partial charge in [0.05, 0.1) is 0 Å². The fraction of sp³-hybridized carbons (Fsp3) is 0.267. The van der Waals surface area contributed by atoms with Crippen molar-refractivity contribution in [1.29, 1.82) is 0 Å². The summed E-state index contributed by atoms with van der Waals surface area (Å²) < 4.78 is 10.6. The van der Waals surface area contributed by atoms with Crippen molar-refractivity contribution in [2.24, 2.45) is 0 Å². The lowest BCUT2D eigenvalue weighted by Crippen LogP contribution is -1.90. The first kappa shape index (κ1) is 12.6. The van der Waals surface area contributed by atoms with Crippen molar-refractivity contribution in [2.75, 3.05) is 0 Å². The van der Waals surface area contributed by atoms with Crippen molar-refractivity contribution in [1.82, 2.24) is 15.3 Å². The molecule has 0 bridgehead atoms. The number of hydrogen-bond donors (Lipinski definition) is 0. The standard InChI is InChI=1S/C15H15N3O2/c1-9(2)14-16-15(20-18-14)12-10(3)19-17-13(12)11-7-5-4-6-8-11/h4-9H,1-3H3. The van der Waals surface area contributed by atoms with E-state index in [0.29, 0.717) is 17.5 Å². The van der Waals surface area contributed by atoms with Crippen molar-refractivity contribution >= 4 is 0 Å². The smallest absolute Gasteiger partial charge is 0.263 e. The van der Waals surface area contributed by atoms with Gasteiger partial charge in [-0.15, -0.1) is 0 Å². The second-order valence-electron chi connectivity index (χ2n) is 4.94. The van der Waals surface area contributed by atoms with Gasteiger partial charge in [-0.2, -0.15) is 4.98 Å². The predicted molar refractivity (Wildman–Crippen MR) is 74.1 cm³/mol. The SMILES string of the molecule is Cc1onc(-c2ccccc2)c1-c1nc(C(C)C)no1. The molecule has 0 aliphatic heterocycles. The fourth-order valence-electron chi connectivity index (χ4n) is 1.99. The molecular formula is C15H15N3O2. The van der Waals surface area contributed by atoms with Crippen LogP contribution in [-0.4, -0.2) is 15.3 Å². The Kier molecular flexibility index (Phi) is 3.10. The Bertz CT molecular complexity index is 714. The molecule has 0 atom stereocenters. The molecule has 2 aromatic heterocycles. The Morgan fingerprint density at radius 1 is 1.00 bits per heavy atom. The number of nitrogens with zero attached hydrogens (tertiary/aromatic N) is 3. The van der Waals surface area contributed by atoms with Crippen LogP contribution in [0.1, 0.15) is 31.4 Å². The molecule has 1 aromatic carbocycles. The van der Waals surface area contributed by atoms with Crippen LogP contribution in [0.2, 0.25) is 0 Å². The molecule has 5 heteroatoms. The Morgan fingerprint density at radius 2 is 1.75 bits per heavy atom. The van der Waals surface area contributed by atoms with Gasteiger partial charge in [-0.3, -0.25) is 0 Å². The number of benzene rings is 1. The van der Waals surface area contributed by atoms with Gasteiger partial charge in [0.2, 0.25) is 0 Å². The molecule has 3 rings (SSSR count). The van der Waals surface area contributed by atoms with Crippen molar-refractivity contribution in [3.05, 3.63) is 41.9 Å². The van der Waals surface area contributed by atoms with E-state index in [1.807, 2.05) is 51.1 Å². The number of aromatic nitrogens is 3. The molecule has 0 spiro atoms. The van der Waals surface area contributed by atoms with Gasteiger partial charge in [0.25, 0.3) is 5.89 Å². The maximum atomic E-state index is 5.35. The molecule has 0 saturated heterocycles. The molecule has 2 heterocycles. The molecule has 3 aromatic rings. The summed E-state index contributed by atoms with van der Waals surface area (Å²) in [5, 5.41) is 8.11. The average Bonchev–Trinajstić information content (AvgIpc) is 3.06. The van der Waals surface area contributed by atoms with Crippen LogP contribution in [0.15, 0.2) is 39.4 Å². The Labute approximate surface area is 116 Å². The Hall–Kier alpha value is -2.43.